The first-order valence-corrected chi connectivity index (χ1v) is 6.77. The van der Waals surface area contributed by atoms with E-state index in [0.29, 0.717) is 6.42 Å². The van der Waals surface area contributed by atoms with Gasteiger partial charge in [-0.1, -0.05) is 30.3 Å². The van der Waals surface area contributed by atoms with E-state index in [0.717, 1.165) is 10.5 Å². The molecule has 1 amide bonds. The van der Waals surface area contributed by atoms with Gasteiger partial charge < -0.3 is 9.47 Å². The fourth-order valence-corrected chi connectivity index (χ4v) is 2.54. The van der Waals surface area contributed by atoms with Crippen LogP contribution in [-0.2, 0) is 20.9 Å². The maximum atomic E-state index is 13.4. The van der Waals surface area contributed by atoms with Crippen LogP contribution >= 0.6 is 0 Å². The topological polar surface area (TPSA) is 55.8 Å². The van der Waals surface area contributed by atoms with Crippen molar-refractivity contribution in [2.45, 2.75) is 25.0 Å². The first kappa shape index (κ1) is 15.3. The van der Waals surface area contributed by atoms with Gasteiger partial charge in [0.15, 0.2) is 5.54 Å². The second kappa shape index (κ2) is 6.56. The van der Waals surface area contributed by atoms with Gasteiger partial charge in [0.05, 0.1) is 7.11 Å². The lowest BCUT2D eigenvalue weighted by Crippen LogP contribution is -2.55. The second-order valence-electron chi connectivity index (χ2n) is 4.95. The molecule has 1 aliphatic rings. The third-order valence-electron chi connectivity index (χ3n) is 3.70. The van der Waals surface area contributed by atoms with Crippen LogP contribution in [0.5, 0.6) is 0 Å². The van der Waals surface area contributed by atoms with Gasteiger partial charge in [-0.3, -0.25) is 4.90 Å². The van der Waals surface area contributed by atoms with Gasteiger partial charge in [0.1, 0.15) is 13.3 Å². The summed E-state index contributed by atoms with van der Waals surface area (Å²) in [4.78, 5) is 25.1. The van der Waals surface area contributed by atoms with Gasteiger partial charge in [0, 0.05) is 6.54 Å². The minimum absolute atomic E-state index is 0.0830. The molecule has 1 fully saturated rings. The number of alkyl halides is 1. The molecule has 1 saturated heterocycles. The molecule has 1 atom stereocenters. The van der Waals surface area contributed by atoms with E-state index in [1.807, 2.05) is 30.3 Å². The van der Waals surface area contributed by atoms with E-state index >= 15 is 0 Å². The Morgan fingerprint density at radius 2 is 2.05 bits per heavy atom. The molecule has 0 bridgehead atoms. The zero-order valence-corrected chi connectivity index (χ0v) is 11.9. The van der Waals surface area contributed by atoms with Gasteiger partial charge in [-0.25, -0.2) is 14.0 Å². The van der Waals surface area contributed by atoms with Crippen molar-refractivity contribution in [1.82, 2.24) is 4.90 Å². The average Bonchev–Trinajstić information content (AvgIpc) is 2.98. The summed E-state index contributed by atoms with van der Waals surface area (Å²) < 4.78 is 23.2. The Morgan fingerprint density at radius 3 is 2.67 bits per heavy atom. The van der Waals surface area contributed by atoms with Crippen LogP contribution in [0.2, 0.25) is 0 Å². The highest BCUT2D eigenvalue weighted by Gasteiger charge is 2.51. The number of ether oxygens (including phenoxy) is 2. The molecule has 0 saturated carbocycles. The lowest BCUT2D eigenvalue weighted by molar-refractivity contribution is -0.153. The monoisotopic (exact) mass is 295 g/mol. The Bertz CT molecular complexity index is 508. The minimum atomic E-state index is -1.54. The Kier molecular flexibility index (Phi) is 4.77. The highest BCUT2D eigenvalue weighted by atomic mass is 19.1. The molecule has 0 aromatic heterocycles. The summed E-state index contributed by atoms with van der Waals surface area (Å²) in [6, 6.07) is 9.16. The largest absolute Gasteiger partial charge is 0.467 e. The number of amides is 1. The Balaban J connectivity index is 2.05. The van der Waals surface area contributed by atoms with E-state index < -0.39 is 24.3 Å². The highest BCUT2D eigenvalue weighted by molar-refractivity contribution is 5.86. The third-order valence-corrected chi connectivity index (χ3v) is 3.70. The highest BCUT2D eigenvalue weighted by Crippen LogP contribution is 2.32. The molecule has 0 spiro atoms. The molecule has 0 aliphatic carbocycles. The number of esters is 1. The van der Waals surface area contributed by atoms with Gasteiger partial charge >= 0.3 is 12.1 Å². The van der Waals surface area contributed by atoms with E-state index in [1.165, 1.54) is 7.11 Å². The molecule has 6 heteroatoms. The predicted octanol–water partition coefficient (Wildman–Crippen LogP) is 2.30. The summed E-state index contributed by atoms with van der Waals surface area (Å²) in [7, 11) is 1.19. The molecule has 1 aliphatic heterocycles. The van der Waals surface area contributed by atoms with Crippen LogP contribution in [-0.4, -0.2) is 42.8 Å². The van der Waals surface area contributed by atoms with Crippen molar-refractivity contribution in [2.24, 2.45) is 0 Å². The fraction of sp³-hybridized carbons (Fsp3) is 0.467. The van der Waals surface area contributed by atoms with Crippen LogP contribution < -0.4 is 0 Å². The fourth-order valence-electron chi connectivity index (χ4n) is 2.54. The van der Waals surface area contributed by atoms with Gasteiger partial charge in [-0.15, -0.1) is 0 Å². The smallest absolute Gasteiger partial charge is 0.411 e. The lowest BCUT2D eigenvalue weighted by atomic mass is 9.98. The number of benzene rings is 1. The summed E-state index contributed by atoms with van der Waals surface area (Å²) >= 11 is 0. The molecule has 0 radical (unpaired) electrons. The van der Waals surface area contributed by atoms with E-state index in [-0.39, 0.29) is 19.6 Å². The standard InChI is InChI=1S/C15H18FNO4/c1-20-13(18)15(11-16)8-5-9-17(15)14(19)21-10-12-6-3-2-4-7-12/h2-4,6-7H,5,8-11H2,1H3. The molecular weight excluding hydrogens is 277 g/mol. The van der Waals surface area contributed by atoms with Crippen LogP contribution in [0.15, 0.2) is 30.3 Å². The molecule has 0 N–H and O–H groups in total. The van der Waals surface area contributed by atoms with Crippen LogP contribution in [0, 0.1) is 0 Å². The van der Waals surface area contributed by atoms with Crippen molar-refractivity contribution >= 4 is 12.1 Å². The molecule has 1 unspecified atom stereocenters. The molecule has 114 valence electrons. The van der Waals surface area contributed by atoms with Gasteiger partial charge in [-0.2, -0.15) is 0 Å². The zero-order chi connectivity index (χ0) is 15.3. The summed E-state index contributed by atoms with van der Waals surface area (Å²) in [5, 5.41) is 0. The van der Waals surface area contributed by atoms with Crippen molar-refractivity contribution in [3.8, 4) is 0 Å². The first-order chi connectivity index (χ1) is 10.1. The normalized spacial score (nSPS) is 21.1. The number of nitrogens with zero attached hydrogens (tertiary/aromatic N) is 1. The number of methoxy groups -OCH3 is 1. The Labute approximate surface area is 122 Å². The molecule has 5 nitrogen and oxygen atoms in total. The van der Waals surface area contributed by atoms with Gasteiger partial charge in [0.25, 0.3) is 0 Å². The molecule has 2 rings (SSSR count). The van der Waals surface area contributed by atoms with Crippen molar-refractivity contribution in [2.75, 3.05) is 20.3 Å². The summed E-state index contributed by atoms with van der Waals surface area (Å²) in [5.74, 6) is -0.737. The van der Waals surface area contributed by atoms with Crippen LogP contribution in [0.1, 0.15) is 18.4 Å². The third kappa shape index (κ3) is 2.99. The van der Waals surface area contributed by atoms with Gasteiger partial charge in [-0.05, 0) is 18.4 Å². The summed E-state index contributed by atoms with van der Waals surface area (Å²) in [6.07, 6.45) is 0.0928. The molecule has 1 aromatic rings. The average molecular weight is 295 g/mol. The summed E-state index contributed by atoms with van der Waals surface area (Å²) in [6.45, 7) is -0.605. The number of carbonyl (C=O) groups excluding carboxylic acids is 2. The second-order valence-corrected chi connectivity index (χ2v) is 4.95. The molecule has 1 aromatic carbocycles. The molecule has 1 heterocycles. The molecule has 21 heavy (non-hydrogen) atoms. The number of halogens is 1. The van der Waals surface area contributed by atoms with E-state index in [4.69, 9.17) is 4.74 Å². The van der Waals surface area contributed by atoms with E-state index in [9.17, 15) is 14.0 Å². The van der Waals surface area contributed by atoms with Crippen LogP contribution in [0.25, 0.3) is 0 Å². The van der Waals surface area contributed by atoms with E-state index in [2.05, 4.69) is 4.74 Å². The van der Waals surface area contributed by atoms with Crippen molar-refractivity contribution in [3.05, 3.63) is 35.9 Å². The number of carbonyl (C=O) groups is 2. The maximum Gasteiger partial charge on any atom is 0.411 e. The minimum Gasteiger partial charge on any atom is -0.467 e. The van der Waals surface area contributed by atoms with Gasteiger partial charge in [0.2, 0.25) is 0 Å². The Morgan fingerprint density at radius 1 is 1.33 bits per heavy atom. The van der Waals surface area contributed by atoms with Crippen molar-refractivity contribution in [3.63, 3.8) is 0 Å². The molecular formula is C15H18FNO4. The number of likely N-dealkylation sites (tertiary alicyclic amines) is 1. The number of hydrogen-bond acceptors (Lipinski definition) is 4. The SMILES string of the molecule is COC(=O)C1(CF)CCCN1C(=O)OCc1ccccc1. The van der Waals surface area contributed by atoms with E-state index in [1.54, 1.807) is 0 Å². The predicted molar refractivity (Wildman–Crippen MR) is 73.3 cm³/mol. The lowest BCUT2D eigenvalue weighted by Gasteiger charge is -2.32. The number of rotatable bonds is 4. The van der Waals surface area contributed by atoms with Crippen LogP contribution in [0.4, 0.5) is 9.18 Å². The quantitative estimate of drug-likeness (QED) is 0.800. The first-order valence-electron chi connectivity index (χ1n) is 6.77. The zero-order valence-electron chi connectivity index (χ0n) is 11.9. The maximum absolute atomic E-state index is 13.4. The van der Waals surface area contributed by atoms with Crippen molar-refractivity contribution in [1.29, 1.82) is 0 Å². The summed E-state index contributed by atoms with van der Waals surface area (Å²) in [5.41, 5.74) is -0.711. The van der Waals surface area contributed by atoms with Crippen LogP contribution in [0.3, 0.4) is 0 Å². The Hall–Kier alpha value is -2.11. The van der Waals surface area contributed by atoms with Crippen molar-refractivity contribution < 1.29 is 23.5 Å². The number of hydrogen-bond donors (Lipinski definition) is 0.